The standard InChI is InChI=1S/C3H4N2.Cs.H/c1-2-5-3-4-1;;/h1-3H,(H,4,5);;/q;+1;-1. The minimum absolute atomic E-state index is 0. The number of aromatic amines is 1. The van der Waals surface area contributed by atoms with Crippen LogP contribution >= 0.6 is 0 Å². The molecule has 1 heterocycles. The number of hydrogen-bond donors (Lipinski definition) is 1. The van der Waals surface area contributed by atoms with Gasteiger partial charge >= 0.3 is 68.9 Å². The van der Waals surface area contributed by atoms with E-state index in [4.69, 9.17) is 0 Å². The van der Waals surface area contributed by atoms with Crippen LogP contribution in [0.25, 0.3) is 0 Å². The molecule has 0 aliphatic rings. The van der Waals surface area contributed by atoms with Gasteiger partial charge in [0.1, 0.15) is 0 Å². The molecule has 0 saturated carbocycles. The topological polar surface area (TPSA) is 28.7 Å². The number of hydrogen-bond acceptors (Lipinski definition) is 1. The first-order valence-corrected chi connectivity index (χ1v) is 1.43. The molecule has 6 heavy (non-hydrogen) atoms. The van der Waals surface area contributed by atoms with Crippen molar-refractivity contribution in [3.8, 4) is 0 Å². The van der Waals surface area contributed by atoms with Crippen molar-refractivity contribution in [2.45, 2.75) is 0 Å². The van der Waals surface area contributed by atoms with E-state index in [-0.39, 0.29) is 70.3 Å². The molecule has 1 N–H and O–H groups in total. The van der Waals surface area contributed by atoms with Crippen molar-refractivity contribution < 1.29 is 70.3 Å². The Balaban J connectivity index is 0. The summed E-state index contributed by atoms with van der Waals surface area (Å²) < 4.78 is 0. The molecule has 0 radical (unpaired) electrons. The molecular formula is C3H5CsN2. The smallest absolute Gasteiger partial charge is 1.00 e. The Kier molecular flexibility index (Phi) is 5.35. The van der Waals surface area contributed by atoms with Gasteiger partial charge in [0, 0.05) is 12.4 Å². The van der Waals surface area contributed by atoms with Gasteiger partial charge in [0.05, 0.1) is 6.33 Å². The molecule has 0 fully saturated rings. The van der Waals surface area contributed by atoms with E-state index in [9.17, 15) is 0 Å². The summed E-state index contributed by atoms with van der Waals surface area (Å²) in [5.41, 5.74) is 0. The molecular weight excluding hydrogens is 197 g/mol. The molecule has 0 amide bonds. The van der Waals surface area contributed by atoms with E-state index in [1.807, 2.05) is 0 Å². The van der Waals surface area contributed by atoms with Gasteiger partial charge < -0.3 is 6.41 Å². The molecule has 0 aromatic carbocycles. The van der Waals surface area contributed by atoms with Crippen LogP contribution in [0.15, 0.2) is 18.7 Å². The number of imidazole rings is 1. The molecule has 1 aromatic heterocycles. The molecule has 0 aliphatic heterocycles. The normalized spacial score (nSPS) is 6.67. The summed E-state index contributed by atoms with van der Waals surface area (Å²) in [4.78, 5) is 6.42. The SMILES string of the molecule is [Cs+].[H-].c1c[nH]cn1. The summed E-state index contributed by atoms with van der Waals surface area (Å²) in [6.45, 7) is 0. The van der Waals surface area contributed by atoms with Gasteiger partial charge in [-0.1, -0.05) is 0 Å². The van der Waals surface area contributed by atoms with Gasteiger partial charge in [0.2, 0.25) is 0 Å². The quantitative estimate of drug-likeness (QED) is 0.496. The Hall–Kier alpha value is 1.26. The van der Waals surface area contributed by atoms with E-state index >= 15 is 0 Å². The van der Waals surface area contributed by atoms with Crippen LogP contribution in [0.5, 0.6) is 0 Å². The van der Waals surface area contributed by atoms with Crippen LogP contribution in [0.2, 0.25) is 0 Å². The van der Waals surface area contributed by atoms with Gasteiger partial charge in [-0.15, -0.1) is 0 Å². The third kappa shape index (κ3) is 2.44. The average molecular weight is 202 g/mol. The van der Waals surface area contributed by atoms with Crippen molar-refractivity contribution in [1.82, 2.24) is 9.97 Å². The molecule has 3 heteroatoms. The Morgan fingerprint density at radius 3 is 2.67 bits per heavy atom. The molecule has 0 aliphatic carbocycles. The zero-order chi connectivity index (χ0) is 3.54. The van der Waals surface area contributed by atoms with Gasteiger partial charge in [-0.2, -0.15) is 0 Å². The third-order valence-electron chi connectivity index (χ3n) is 0.406. The molecule has 2 nitrogen and oxygen atoms in total. The second kappa shape index (κ2) is 4.42. The Morgan fingerprint density at radius 2 is 2.50 bits per heavy atom. The third-order valence-corrected chi connectivity index (χ3v) is 0.406. The van der Waals surface area contributed by atoms with Gasteiger partial charge in [-0.05, 0) is 0 Å². The van der Waals surface area contributed by atoms with Gasteiger partial charge in [0.25, 0.3) is 0 Å². The Morgan fingerprint density at radius 1 is 1.67 bits per heavy atom. The summed E-state index contributed by atoms with van der Waals surface area (Å²) in [6.07, 6.45) is 5.08. The van der Waals surface area contributed by atoms with E-state index < -0.39 is 0 Å². The maximum absolute atomic E-state index is 3.67. The second-order valence-corrected chi connectivity index (χ2v) is 0.761. The van der Waals surface area contributed by atoms with E-state index in [0.717, 1.165) is 0 Å². The van der Waals surface area contributed by atoms with Crippen LogP contribution in [0.4, 0.5) is 0 Å². The van der Waals surface area contributed by atoms with E-state index in [0.29, 0.717) is 0 Å². The number of aromatic nitrogens is 2. The first kappa shape index (κ1) is 7.26. The van der Waals surface area contributed by atoms with Crippen LogP contribution < -0.4 is 68.9 Å². The van der Waals surface area contributed by atoms with E-state index in [1.165, 1.54) is 0 Å². The maximum atomic E-state index is 3.67. The van der Waals surface area contributed by atoms with Gasteiger partial charge in [-0.25, -0.2) is 4.98 Å². The first-order valence-electron chi connectivity index (χ1n) is 1.43. The molecule has 0 spiro atoms. The largest absolute Gasteiger partial charge is 1.00 e. The van der Waals surface area contributed by atoms with Crippen molar-refractivity contribution in [2.75, 3.05) is 0 Å². The second-order valence-electron chi connectivity index (χ2n) is 0.761. The summed E-state index contributed by atoms with van der Waals surface area (Å²) in [7, 11) is 0. The molecule has 1 aromatic rings. The first-order chi connectivity index (χ1) is 2.50. The fourth-order valence-electron chi connectivity index (χ4n) is 0.215. The molecule has 0 bridgehead atoms. The van der Waals surface area contributed by atoms with Crippen LogP contribution in [0, 0.1) is 0 Å². The molecule has 1 rings (SSSR count). The predicted octanol–water partition coefficient (Wildman–Crippen LogP) is -2.47. The van der Waals surface area contributed by atoms with Gasteiger partial charge in [-0.3, -0.25) is 0 Å². The number of H-pyrrole nitrogens is 1. The minimum Gasteiger partial charge on any atom is -1.00 e. The van der Waals surface area contributed by atoms with Gasteiger partial charge in [0.15, 0.2) is 0 Å². The zero-order valence-corrected chi connectivity index (χ0v) is 9.96. The van der Waals surface area contributed by atoms with Crippen LogP contribution in [0.1, 0.15) is 1.43 Å². The summed E-state index contributed by atoms with van der Waals surface area (Å²) in [6, 6.07) is 0. The van der Waals surface area contributed by atoms with Crippen molar-refractivity contribution >= 4 is 0 Å². The van der Waals surface area contributed by atoms with Crippen molar-refractivity contribution in [3.05, 3.63) is 18.7 Å². The summed E-state index contributed by atoms with van der Waals surface area (Å²) in [5.74, 6) is 0. The Labute approximate surface area is 96.6 Å². The fourth-order valence-corrected chi connectivity index (χ4v) is 0.215. The minimum atomic E-state index is 0. The number of nitrogens with one attached hydrogen (secondary N) is 1. The maximum Gasteiger partial charge on any atom is 1.00 e. The molecule has 0 saturated heterocycles. The van der Waals surface area contributed by atoms with Crippen molar-refractivity contribution in [2.24, 2.45) is 0 Å². The molecule has 0 unspecified atom stereocenters. The molecule has 0 atom stereocenters. The van der Waals surface area contributed by atoms with Crippen LogP contribution in [0.3, 0.4) is 0 Å². The van der Waals surface area contributed by atoms with Crippen molar-refractivity contribution in [3.63, 3.8) is 0 Å². The number of nitrogens with zero attached hydrogens (tertiary/aromatic N) is 1. The monoisotopic (exact) mass is 202 g/mol. The number of rotatable bonds is 0. The van der Waals surface area contributed by atoms with Crippen LogP contribution in [-0.4, -0.2) is 9.97 Å². The average Bonchev–Trinajstić information content (AvgIpc) is 1.76. The predicted molar refractivity (Wildman–Crippen MR) is 19.7 cm³/mol. The van der Waals surface area contributed by atoms with Crippen LogP contribution in [-0.2, 0) is 0 Å². The van der Waals surface area contributed by atoms with E-state index in [1.54, 1.807) is 18.7 Å². The fraction of sp³-hybridized carbons (Fsp3) is 0. The molecule has 28 valence electrons. The van der Waals surface area contributed by atoms with Crippen molar-refractivity contribution in [1.29, 1.82) is 0 Å². The summed E-state index contributed by atoms with van der Waals surface area (Å²) in [5, 5.41) is 0. The summed E-state index contributed by atoms with van der Waals surface area (Å²) >= 11 is 0. The zero-order valence-electron chi connectivity index (χ0n) is 4.68. The Bertz CT molecular complexity index is 69.4. The van der Waals surface area contributed by atoms with E-state index in [2.05, 4.69) is 9.97 Å².